The third-order valence-electron chi connectivity index (χ3n) is 3.13. The number of Topliss-reactive ketones (excluding diaryl/α,β-unsaturated/α-hetero) is 1. The van der Waals surface area contributed by atoms with E-state index < -0.39 is 11.6 Å². The van der Waals surface area contributed by atoms with E-state index >= 15 is 0 Å². The monoisotopic (exact) mass is 368 g/mol. The van der Waals surface area contributed by atoms with Gasteiger partial charge in [0.15, 0.2) is 5.78 Å². The molecule has 0 amide bonds. The molecular weight excluding hydrogens is 352 g/mol. The molecule has 6 nitrogen and oxygen atoms in total. The molecule has 0 radical (unpaired) electrons. The average molecular weight is 368 g/mol. The number of aliphatic carboxylic acids is 1. The van der Waals surface area contributed by atoms with E-state index in [2.05, 4.69) is 0 Å². The van der Waals surface area contributed by atoms with Crippen LogP contribution in [-0.2, 0) is 4.79 Å². The number of carbonyl (C=O) groups is 2. The number of ketones is 1. The van der Waals surface area contributed by atoms with E-state index in [1.54, 1.807) is 6.07 Å². The zero-order valence-electron chi connectivity index (χ0n) is 12.7. The number of carbonyl (C=O) groups excluding carboxylic acids is 1. The first-order chi connectivity index (χ1) is 11.5. The first kappa shape index (κ1) is 18.4. The summed E-state index contributed by atoms with van der Waals surface area (Å²) in [6.45, 7) is 0. The van der Waals surface area contributed by atoms with Crippen molar-refractivity contribution in [1.82, 2.24) is 0 Å². The Hall–Kier alpha value is -1.93. The normalized spacial score (nSPS) is 10.8. The van der Waals surface area contributed by atoms with Crippen molar-refractivity contribution in [2.75, 3.05) is 11.5 Å². The van der Waals surface area contributed by atoms with Crippen LogP contribution < -0.4 is 5.63 Å². The van der Waals surface area contributed by atoms with Gasteiger partial charge in [-0.25, -0.2) is 4.79 Å². The van der Waals surface area contributed by atoms with Gasteiger partial charge in [-0.1, -0.05) is 21.6 Å². The Morgan fingerprint density at radius 3 is 2.58 bits per heavy atom. The molecule has 1 heterocycles. The number of rotatable bonds is 9. The third-order valence-corrected chi connectivity index (χ3v) is 5.63. The summed E-state index contributed by atoms with van der Waals surface area (Å²) in [6, 6.07) is 5.86. The largest absolute Gasteiger partial charge is 0.508 e. The second-order valence-electron chi connectivity index (χ2n) is 4.98. The quantitative estimate of drug-likeness (QED) is 0.301. The van der Waals surface area contributed by atoms with E-state index in [-0.39, 0.29) is 35.5 Å². The molecule has 0 aliphatic rings. The molecule has 2 aromatic rings. The second-order valence-corrected chi connectivity index (χ2v) is 7.69. The molecule has 8 heteroatoms. The highest BCUT2D eigenvalue weighted by Crippen LogP contribution is 2.24. The van der Waals surface area contributed by atoms with Gasteiger partial charge in [-0.15, -0.1) is 0 Å². The standard InChI is InChI=1S/C16H16O6S2/c17-11-4-3-10-8-12(16(21)22-14(10)9-11)13(18)2-1-6-23-24-7-5-15(19)20/h3-4,8-9,17H,1-2,5-7H2,(H,19,20). The summed E-state index contributed by atoms with van der Waals surface area (Å²) < 4.78 is 5.08. The Labute approximate surface area is 145 Å². The van der Waals surface area contributed by atoms with Gasteiger partial charge in [0.05, 0.1) is 6.42 Å². The average Bonchev–Trinajstić information content (AvgIpc) is 2.52. The second kappa shape index (κ2) is 8.79. The summed E-state index contributed by atoms with van der Waals surface area (Å²) in [6.07, 6.45) is 0.932. The van der Waals surface area contributed by atoms with E-state index in [1.165, 1.54) is 39.8 Å². The van der Waals surface area contributed by atoms with Gasteiger partial charge in [0.25, 0.3) is 0 Å². The van der Waals surface area contributed by atoms with Crippen molar-refractivity contribution in [3.05, 3.63) is 40.2 Å². The minimum atomic E-state index is -0.824. The number of carboxylic acids is 1. The fourth-order valence-electron chi connectivity index (χ4n) is 1.97. The van der Waals surface area contributed by atoms with Crippen LogP contribution in [0, 0.1) is 0 Å². The maximum Gasteiger partial charge on any atom is 0.347 e. The van der Waals surface area contributed by atoms with Gasteiger partial charge in [-0.05, 0) is 24.6 Å². The Morgan fingerprint density at radius 1 is 1.08 bits per heavy atom. The van der Waals surface area contributed by atoms with E-state index in [4.69, 9.17) is 9.52 Å². The molecule has 2 rings (SSSR count). The van der Waals surface area contributed by atoms with Gasteiger partial charge in [-0.3, -0.25) is 9.59 Å². The van der Waals surface area contributed by atoms with Crippen molar-refractivity contribution in [3.8, 4) is 5.75 Å². The topological polar surface area (TPSA) is 105 Å². The minimum Gasteiger partial charge on any atom is -0.508 e. The molecule has 0 aliphatic heterocycles. The summed E-state index contributed by atoms with van der Waals surface area (Å²) in [5.41, 5.74) is -0.458. The lowest BCUT2D eigenvalue weighted by Gasteiger charge is -2.03. The zero-order valence-corrected chi connectivity index (χ0v) is 14.3. The predicted octanol–water partition coefficient (Wildman–Crippen LogP) is 3.32. The SMILES string of the molecule is O=C(O)CCSSCCCC(=O)c1cc2ccc(O)cc2oc1=O. The Bertz CT molecular complexity index is 799. The van der Waals surface area contributed by atoms with Crippen molar-refractivity contribution >= 4 is 44.3 Å². The molecule has 0 bridgehead atoms. The summed E-state index contributed by atoms with van der Waals surface area (Å²) in [7, 11) is 2.97. The summed E-state index contributed by atoms with van der Waals surface area (Å²) in [5.74, 6) is 0.101. The number of hydrogen-bond acceptors (Lipinski definition) is 7. The molecule has 1 aromatic heterocycles. The lowest BCUT2D eigenvalue weighted by atomic mass is 10.1. The molecule has 0 fully saturated rings. The molecule has 0 atom stereocenters. The number of benzene rings is 1. The maximum atomic E-state index is 12.2. The van der Waals surface area contributed by atoms with E-state index in [0.29, 0.717) is 23.3 Å². The number of aromatic hydroxyl groups is 1. The van der Waals surface area contributed by atoms with Gasteiger partial charge in [0.2, 0.25) is 0 Å². The lowest BCUT2D eigenvalue weighted by molar-refractivity contribution is -0.136. The molecule has 2 N–H and O–H groups in total. The highest BCUT2D eigenvalue weighted by atomic mass is 33.1. The molecule has 0 unspecified atom stereocenters. The molecular formula is C16H16O6S2. The fraction of sp³-hybridized carbons (Fsp3) is 0.312. The van der Waals surface area contributed by atoms with Crippen molar-refractivity contribution in [2.45, 2.75) is 19.3 Å². The van der Waals surface area contributed by atoms with Crippen LogP contribution in [0.25, 0.3) is 11.0 Å². The minimum absolute atomic E-state index is 0.0109. The third kappa shape index (κ3) is 5.31. The number of fused-ring (bicyclic) bond motifs is 1. The molecule has 0 saturated heterocycles. The van der Waals surface area contributed by atoms with Crippen molar-refractivity contribution in [3.63, 3.8) is 0 Å². The van der Waals surface area contributed by atoms with Crippen LogP contribution in [0.5, 0.6) is 5.75 Å². The smallest absolute Gasteiger partial charge is 0.347 e. The number of hydrogen-bond donors (Lipinski definition) is 2. The number of carboxylic acid groups (broad SMARTS) is 1. The lowest BCUT2D eigenvalue weighted by Crippen LogP contribution is -2.13. The Kier molecular flexibility index (Phi) is 6.74. The molecule has 128 valence electrons. The van der Waals surface area contributed by atoms with Gasteiger partial charge in [0, 0.05) is 29.4 Å². The summed E-state index contributed by atoms with van der Waals surface area (Å²) in [5, 5.41) is 18.5. The maximum absolute atomic E-state index is 12.2. The fourth-order valence-corrected chi connectivity index (χ4v) is 4.03. The molecule has 0 saturated carbocycles. The number of phenols is 1. The highest BCUT2D eigenvalue weighted by Gasteiger charge is 2.13. The zero-order chi connectivity index (χ0) is 17.5. The van der Waals surface area contributed by atoms with Gasteiger partial charge < -0.3 is 14.6 Å². The van der Waals surface area contributed by atoms with Crippen LogP contribution >= 0.6 is 21.6 Å². The molecule has 1 aromatic carbocycles. The Balaban J connectivity index is 1.87. The summed E-state index contributed by atoms with van der Waals surface area (Å²) >= 11 is 0. The van der Waals surface area contributed by atoms with Gasteiger partial charge in [-0.2, -0.15) is 0 Å². The molecule has 24 heavy (non-hydrogen) atoms. The van der Waals surface area contributed by atoms with Crippen LogP contribution in [0.15, 0.2) is 33.5 Å². The predicted molar refractivity (Wildman–Crippen MR) is 94.9 cm³/mol. The highest BCUT2D eigenvalue weighted by molar-refractivity contribution is 8.76. The van der Waals surface area contributed by atoms with Crippen LogP contribution in [0.1, 0.15) is 29.6 Å². The van der Waals surface area contributed by atoms with Gasteiger partial charge in [0.1, 0.15) is 16.9 Å². The van der Waals surface area contributed by atoms with Crippen LogP contribution in [-0.4, -0.2) is 33.5 Å². The first-order valence-electron chi connectivity index (χ1n) is 7.23. The van der Waals surface area contributed by atoms with Crippen molar-refractivity contribution in [1.29, 1.82) is 0 Å². The van der Waals surface area contributed by atoms with E-state index in [9.17, 15) is 19.5 Å². The van der Waals surface area contributed by atoms with E-state index in [0.717, 1.165) is 0 Å². The van der Waals surface area contributed by atoms with Crippen LogP contribution in [0.4, 0.5) is 0 Å². The first-order valence-corrected chi connectivity index (χ1v) is 9.72. The van der Waals surface area contributed by atoms with Gasteiger partial charge >= 0.3 is 11.6 Å². The van der Waals surface area contributed by atoms with Crippen LogP contribution in [0.3, 0.4) is 0 Å². The molecule has 0 spiro atoms. The summed E-state index contributed by atoms with van der Waals surface area (Å²) in [4.78, 5) is 34.4. The molecule has 0 aliphatic carbocycles. The van der Waals surface area contributed by atoms with Crippen LogP contribution in [0.2, 0.25) is 0 Å². The van der Waals surface area contributed by atoms with Crippen molar-refractivity contribution in [2.24, 2.45) is 0 Å². The van der Waals surface area contributed by atoms with Crippen molar-refractivity contribution < 1.29 is 24.2 Å². The number of phenolic OH excluding ortho intramolecular Hbond substituents is 1. The van der Waals surface area contributed by atoms with E-state index in [1.807, 2.05) is 0 Å². The Morgan fingerprint density at radius 2 is 1.83 bits per heavy atom.